The average molecular weight is 264 g/mol. The van der Waals surface area contributed by atoms with Gasteiger partial charge in [0.2, 0.25) is 5.95 Å². The first-order valence-electron chi connectivity index (χ1n) is 4.61. The van der Waals surface area contributed by atoms with Crippen molar-refractivity contribution in [1.82, 2.24) is 19.5 Å². The van der Waals surface area contributed by atoms with Crippen LogP contribution in [0, 0.1) is 0 Å². The number of rotatable bonds is 4. The maximum atomic E-state index is 11.4. The molecule has 0 radical (unpaired) electrons. The van der Waals surface area contributed by atoms with Gasteiger partial charge in [0.05, 0.1) is 19.5 Å². The second-order valence-electron chi connectivity index (χ2n) is 3.10. The van der Waals surface area contributed by atoms with Gasteiger partial charge in [-0.1, -0.05) is 0 Å². The van der Waals surface area contributed by atoms with E-state index in [-0.39, 0.29) is 88.4 Å². The number of nitrogens with one attached hydrogen (secondary N) is 1. The molecule has 0 spiro atoms. The maximum absolute atomic E-state index is 11.4. The summed E-state index contributed by atoms with van der Waals surface area (Å²) in [4.78, 5) is 21.6. The molecule has 0 saturated carbocycles. The number of hydrogen-bond acceptors (Lipinski definition) is 6. The second kappa shape index (κ2) is 6.59. The molecule has 86 valence electrons. The van der Waals surface area contributed by atoms with Crippen molar-refractivity contribution in [3.8, 4) is 0 Å². The normalized spacial score (nSPS) is 10.4. The molecule has 0 amide bonds. The van der Waals surface area contributed by atoms with Crippen molar-refractivity contribution in [1.29, 1.82) is 0 Å². The van der Waals surface area contributed by atoms with Gasteiger partial charge in [0, 0.05) is 0 Å². The molecular weight excluding hydrogens is 253 g/mol. The number of aromatic amines is 1. The second-order valence-corrected chi connectivity index (χ2v) is 3.10. The van der Waals surface area contributed by atoms with E-state index in [4.69, 9.17) is 15.6 Å². The Labute approximate surface area is 139 Å². The van der Waals surface area contributed by atoms with Crippen molar-refractivity contribution in [3.05, 3.63) is 16.7 Å². The zero-order valence-electron chi connectivity index (χ0n) is 9.38. The van der Waals surface area contributed by atoms with Crippen LogP contribution in [0.1, 0.15) is 0 Å². The third-order valence-electron chi connectivity index (χ3n) is 1.96. The molecule has 2 rings (SSSR count). The summed E-state index contributed by atoms with van der Waals surface area (Å²) in [6.45, 7) is 0.300. The van der Waals surface area contributed by atoms with Crippen LogP contribution in [0.3, 0.4) is 0 Å². The molecule has 0 aliphatic rings. The van der Waals surface area contributed by atoms with E-state index in [1.807, 2.05) is 0 Å². The SMILES string of the molecule is Nc1nc2c(ncn2COCCO)c(=O)[nH]1.[K+]. The predicted molar refractivity (Wildman–Crippen MR) is 55.6 cm³/mol. The summed E-state index contributed by atoms with van der Waals surface area (Å²) in [5.41, 5.74) is 5.60. The number of hydrogen-bond donors (Lipinski definition) is 3. The summed E-state index contributed by atoms with van der Waals surface area (Å²) < 4.78 is 6.63. The van der Waals surface area contributed by atoms with Crippen LogP contribution in [0.5, 0.6) is 0 Å². The van der Waals surface area contributed by atoms with Crippen LogP contribution in [0.2, 0.25) is 0 Å². The van der Waals surface area contributed by atoms with E-state index in [9.17, 15) is 4.79 Å². The molecule has 2 aromatic rings. The smallest absolute Gasteiger partial charge is 0.394 e. The van der Waals surface area contributed by atoms with Gasteiger partial charge >= 0.3 is 51.4 Å². The molecule has 0 unspecified atom stereocenters. The topological polar surface area (TPSA) is 119 Å². The molecule has 0 aromatic carbocycles. The fraction of sp³-hybridized carbons (Fsp3) is 0.375. The number of aliphatic hydroxyl groups is 1. The van der Waals surface area contributed by atoms with Crippen molar-refractivity contribution in [2.45, 2.75) is 6.73 Å². The van der Waals surface area contributed by atoms with Crippen molar-refractivity contribution in [3.63, 3.8) is 0 Å². The first-order chi connectivity index (χ1) is 7.72. The summed E-state index contributed by atoms with van der Waals surface area (Å²) in [7, 11) is 0. The molecule has 0 bridgehead atoms. The molecule has 2 aromatic heterocycles. The molecule has 4 N–H and O–H groups in total. The molecular formula is C8H11KN5O3+. The van der Waals surface area contributed by atoms with E-state index in [2.05, 4.69) is 15.0 Å². The average Bonchev–Trinajstić information content (AvgIpc) is 2.62. The predicted octanol–water partition coefficient (Wildman–Crippen LogP) is -4.33. The summed E-state index contributed by atoms with van der Waals surface area (Å²) in [6, 6.07) is 0. The molecule has 0 aliphatic carbocycles. The van der Waals surface area contributed by atoms with Crippen LogP contribution in [0.25, 0.3) is 11.2 Å². The zero-order valence-corrected chi connectivity index (χ0v) is 12.5. The summed E-state index contributed by atoms with van der Waals surface area (Å²) in [5, 5.41) is 8.56. The van der Waals surface area contributed by atoms with Gasteiger partial charge in [0.25, 0.3) is 5.56 Å². The maximum Gasteiger partial charge on any atom is 1.00 e. The summed E-state index contributed by atoms with van der Waals surface area (Å²) in [5.74, 6) is 0.0291. The summed E-state index contributed by atoms with van der Waals surface area (Å²) >= 11 is 0. The number of fused-ring (bicyclic) bond motifs is 1. The number of nitrogens with two attached hydrogens (primary N) is 1. The van der Waals surface area contributed by atoms with Gasteiger partial charge in [0.15, 0.2) is 11.2 Å². The van der Waals surface area contributed by atoms with E-state index < -0.39 is 0 Å². The molecule has 17 heavy (non-hydrogen) atoms. The van der Waals surface area contributed by atoms with Crippen LogP contribution in [0.4, 0.5) is 5.95 Å². The van der Waals surface area contributed by atoms with Crippen molar-refractivity contribution >= 4 is 17.1 Å². The number of aliphatic hydroxyl groups excluding tert-OH is 1. The van der Waals surface area contributed by atoms with E-state index in [1.54, 1.807) is 0 Å². The molecule has 0 atom stereocenters. The number of H-pyrrole nitrogens is 1. The van der Waals surface area contributed by atoms with Crippen molar-refractivity contribution in [2.75, 3.05) is 18.9 Å². The van der Waals surface area contributed by atoms with Gasteiger partial charge in [-0.05, 0) is 0 Å². The Morgan fingerprint density at radius 2 is 2.35 bits per heavy atom. The Hall–Kier alpha value is -0.294. The van der Waals surface area contributed by atoms with Crippen LogP contribution in [-0.2, 0) is 11.5 Å². The van der Waals surface area contributed by atoms with Crippen molar-refractivity contribution in [2.24, 2.45) is 0 Å². The molecule has 9 heteroatoms. The molecule has 0 fully saturated rings. The standard InChI is InChI=1S/C8H11N5O3.K/c9-8-11-6-5(7(15)12-8)10-3-13(6)4-16-2-1-14;/h3,14H,1-2,4H2,(H3,9,11,12,15);/q;+1. The number of nitrogen functional groups attached to an aromatic ring is 1. The van der Waals surface area contributed by atoms with E-state index in [0.29, 0.717) is 5.65 Å². The van der Waals surface area contributed by atoms with Gasteiger partial charge in [0.1, 0.15) is 6.73 Å². The van der Waals surface area contributed by atoms with E-state index in [1.165, 1.54) is 10.9 Å². The van der Waals surface area contributed by atoms with Gasteiger partial charge in [-0.2, -0.15) is 4.98 Å². The Balaban J connectivity index is 0.00000144. The molecule has 0 saturated heterocycles. The first-order valence-corrected chi connectivity index (χ1v) is 4.61. The van der Waals surface area contributed by atoms with Crippen LogP contribution >= 0.6 is 0 Å². The minimum atomic E-state index is -0.386. The van der Waals surface area contributed by atoms with Crippen LogP contribution in [-0.4, -0.2) is 37.8 Å². The minimum absolute atomic E-state index is 0. The van der Waals surface area contributed by atoms with Gasteiger partial charge in [-0.25, -0.2) is 4.98 Å². The third-order valence-corrected chi connectivity index (χ3v) is 1.96. The van der Waals surface area contributed by atoms with Gasteiger partial charge in [-0.15, -0.1) is 0 Å². The van der Waals surface area contributed by atoms with Gasteiger partial charge in [-0.3, -0.25) is 14.3 Å². The molecule has 0 aliphatic heterocycles. The third kappa shape index (κ3) is 3.34. The largest absolute Gasteiger partial charge is 1.00 e. The Bertz CT molecular complexity index is 552. The Kier molecular flexibility index (Phi) is 5.72. The van der Waals surface area contributed by atoms with Crippen LogP contribution in [0.15, 0.2) is 11.1 Å². The van der Waals surface area contributed by atoms with Crippen molar-refractivity contribution < 1.29 is 61.2 Å². The summed E-state index contributed by atoms with van der Waals surface area (Å²) in [6.07, 6.45) is 1.43. The molecule has 2 heterocycles. The monoisotopic (exact) mass is 264 g/mol. The molecule has 8 nitrogen and oxygen atoms in total. The van der Waals surface area contributed by atoms with Crippen LogP contribution < -0.4 is 62.7 Å². The van der Waals surface area contributed by atoms with E-state index >= 15 is 0 Å². The minimum Gasteiger partial charge on any atom is -0.394 e. The first kappa shape index (κ1) is 14.8. The van der Waals surface area contributed by atoms with Gasteiger partial charge < -0.3 is 15.6 Å². The number of ether oxygens (including phenoxy) is 1. The quantitative estimate of drug-likeness (QED) is 0.379. The fourth-order valence-electron chi connectivity index (χ4n) is 1.29. The Morgan fingerprint density at radius 3 is 3.06 bits per heavy atom. The number of nitrogens with zero attached hydrogens (tertiary/aromatic N) is 3. The fourth-order valence-corrected chi connectivity index (χ4v) is 1.29. The number of anilines is 1. The Morgan fingerprint density at radius 1 is 1.59 bits per heavy atom. The number of imidazole rings is 1. The number of aromatic nitrogens is 4. The van der Waals surface area contributed by atoms with E-state index in [0.717, 1.165) is 0 Å². The zero-order chi connectivity index (χ0) is 11.5.